The molecular formula is C32H34O11S. The van der Waals surface area contributed by atoms with E-state index in [9.17, 15) is 27.4 Å². The number of rotatable bonds is 7. The maximum Gasteiger partial charge on any atom is 0.348 e. The van der Waals surface area contributed by atoms with E-state index in [1.54, 1.807) is 27.7 Å². The number of hydrogen-bond donors (Lipinski definition) is 1. The smallest absolute Gasteiger partial charge is 0.348 e. The Morgan fingerprint density at radius 3 is 2.09 bits per heavy atom. The Bertz CT molecular complexity index is 1770. The summed E-state index contributed by atoms with van der Waals surface area (Å²) in [5.41, 5.74) is -0.572. The van der Waals surface area contributed by atoms with Crippen molar-refractivity contribution < 1.29 is 50.7 Å². The number of carbonyl (C=O) groups excluding carboxylic acids is 3. The molecule has 6 bridgehead atoms. The Morgan fingerprint density at radius 1 is 0.932 bits per heavy atom. The van der Waals surface area contributed by atoms with Crippen molar-refractivity contribution in [2.24, 2.45) is 23.2 Å². The topological polar surface area (TPSA) is 156 Å². The van der Waals surface area contributed by atoms with Gasteiger partial charge in [0.25, 0.3) is 10.1 Å². The summed E-state index contributed by atoms with van der Waals surface area (Å²) in [5, 5.41) is 0. The fourth-order valence-corrected chi connectivity index (χ4v) is 9.27. The van der Waals surface area contributed by atoms with Crippen LogP contribution in [0.2, 0.25) is 0 Å². The van der Waals surface area contributed by atoms with Crippen LogP contribution in [0.25, 0.3) is 11.2 Å². The second-order valence-electron chi connectivity index (χ2n) is 13.6. The van der Waals surface area contributed by atoms with Crippen molar-refractivity contribution in [3.63, 3.8) is 0 Å². The fraction of sp³-hybridized carbons (Fsp3) is 0.531. The summed E-state index contributed by atoms with van der Waals surface area (Å²) < 4.78 is 63.4. The average Bonchev–Trinajstić information content (AvgIpc) is 3.54. The van der Waals surface area contributed by atoms with Gasteiger partial charge in [-0.15, -0.1) is 0 Å². The Balaban J connectivity index is 1.23. The standard InChI is InChI=1S/C32H34O11S/c1-14(2)20-7-19(8-21(15(3)4)28(20)44(36,37)38)40-29(33)22-23-24-26(42-30(23)34)27(25(22)41-24)43-31(35)32-9-16-5-17(10-32)12-39-13-18(6-16)11-32/h7-8,14-18H,5-6,9-13H2,1-4H3,(H,36,37,38). The Labute approximate surface area is 254 Å². The van der Waals surface area contributed by atoms with Gasteiger partial charge in [0.2, 0.25) is 11.5 Å². The van der Waals surface area contributed by atoms with Crippen LogP contribution in [0.15, 0.2) is 21.4 Å². The molecule has 8 rings (SSSR count). The third kappa shape index (κ3) is 4.52. The monoisotopic (exact) mass is 626 g/mol. The number of benzene rings is 2. The first-order chi connectivity index (χ1) is 20.8. The first kappa shape index (κ1) is 29.2. The van der Waals surface area contributed by atoms with Crippen LogP contribution in [0.1, 0.15) is 103 Å². The average molecular weight is 627 g/mol. The summed E-state index contributed by atoms with van der Waals surface area (Å²) in [6.45, 7) is 8.25. The van der Waals surface area contributed by atoms with Gasteiger partial charge in [-0.1, -0.05) is 27.7 Å². The normalized spacial score (nSPS) is 26.0. The summed E-state index contributed by atoms with van der Waals surface area (Å²) in [7, 11) is -4.58. The third-order valence-electron chi connectivity index (χ3n) is 9.67. The first-order valence-corrected chi connectivity index (χ1v) is 16.5. The Hall–Kier alpha value is -3.48. The molecule has 3 aliphatic heterocycles. The quantitative estimate of drug-likeness (QED) is 0.190. The van der Waals surface area contributed by atoms with Gasteiger partial charge in [-0.25, -0.2) is 9.59 Å². The van der Waals surface area contributed by atoms with Crippen molar-refractivity contribution in [2.45, 2.75) is 76.5 Å². The lowest BCUT2D eigenvalue weighted by molar-refractivity contribution is -0.161. The number of carbonyl (C=O) groups is 3. The summed E-state index contributed by atoms with van der Waals surface area (Å²) in [6, 6.07) is 2.76. The lowest BCUT2D eigenvalue weighted by Crippen LogP contribution is -2.50. The summed E-state index contributed by atoms with van der Waals surface area (Å²) in [6.07, 6.45) is 4.08. The highest BCUT2D eigenvalue weighted by Crippen LogP contribution is 2.57. The van der Waals surface area contributed by atoms with E-state index in [0.29, 0.717) is 32.0 Å². The van der Waals surface area contributed by atoms with Crippen LogP contribution in [-0.2, 0) is 19.6 Å². The zero-order chi connectivity index (χ0) is 31.3. The van der Waals surface area contributed by atoms with Crippen LogP contribution in [0.5, 0.6) is 17.2 Å². The van der Waals surface area contributed by atoms with Crippen LogP contribution in [-0.4, -0.2) is 44.1 Å². The minimum Gasteiger partial charge on any atom is -0.447 e. The molecule has 1 aromatic carbocycles. The summed E-state index contributed by atoms with van der Waals surface area (Å²) in [4.78, 5) is 40.2. The summed E-state index contributed by atoms with van der Waals surface area (Å²) >= 11 is 0. The molecule has 2 aromatic heterocycles. The van der Waals surface area contributed by atoms with E-state index >= 15 is 0 Å². The number of ether oxygens (including phenoxy) is 4. The molecular weight excluding hydrogens is 592 g/mol. The van der Waals surface area contributed by atoms with E-state index in [1.807, 2.05) is 0 Å². The van der Waals surface area contributed by atoms with Gasteiger partial charge < -0.3 is 23.4 Å². The molecule has 2 saturated heterocycles. The van der Waals surface area contributed by atoms with Crippen LogP contribution in [0, 0.1) is 23.2 Å². The molecule has 0 radical (unpaired) electrons. The van der Waals surface area contributed by atoms with Gasteiger partial charge in [-0.2, -0.15) is 8.42 Å². The van der Waals surface area contributed by atoms with Crippen molar-refractivity contribution in [2.75, 3.05) is 13.2 Å². The van der Waals surface area contributed by atoms with E-state index < -0.39 is 33.4 Å². The van der Waals surface area contributed by atoms with Crippen molar-refractivity contribution in [1.29, 1.82) is 0 Å². The second-order valence-corrected chi connectivity index (χ2v) is 14.9. The van der Waals surface area contributed by atoms with Crippen molar-refractivity contribution >= 4 is 39.2 Å². The number of furan rings is 2. The zero-order valence-electron chi connectivity index (χ0n) is 24.9. The molecule has 2 atom stereocenters. The van der Waals surface area contributed by atoms with E-state index in [0.717, 1.165) is 19.3 Å². The Kier molecular flexibility index (Phi) is 6.66. The molecule has 5 aliphatic rings. The molecule has 2 unspecified atom stereocenters. The molecule has 1 N–H and O–H groups in total. The molecule has 44 heavy (non-hydrogen) atoms. The third-order valence-corrected chi connectivity index (χ3v) is 10.7. The van der Waals surface area contributed by atoms with E-state index in [4.69, 9.17) is 23.4 Å². The van der Waals surface area contributed by atoms with Gasteiger partial charge in [-0.05, 0) is 85.0 Å². The lowest BCUT2D eigenvalue weighted by atomic mass is 9.56. The van der Waals surface area contributed by atoms with Crippen molar-refractivity contribution in [3.8, 4) is 17.2 Å². The number of hydrogen-bond acceptors (Lipinski definition) is 10. The summed E-state index contributed by atoms with van der Waals surface area (Å²) in [5.74, 6) is -2.05. The van der Waals surface area contributed by atoms with Crippen LogP contribution in [0.4, 0.5) is 0 Å². The first-order valence-electron chi connectivity index (χ1n) is 15.1. The molecule has 2 saturated carbocycles. The molecule has 4 fully saturated rings. The molecule has 0 spiro atoms. The number of esters is 3. The number of fused-ring (bicyclic) bond motifs is 3. The van der Waals surface area contributed by atoms with E-state index in [1.165, 1.54) is 12.1 Å². The molecule has 0 amide bonds. The predicted molar refractivity (Wildman–Crippen MR) is 154 cm³/mol. The SMILES string of the molecule is CC(C)c1cc(OC(=O)c2c3c4oc2c(OC(=O)C25CC6COCC(CC(C6)C2)C5)c4OC3=O)cc(C(C)C)c1S(=O)(=O)O. The van der Waals surface area contributed by atoms with Crippen LogP contribution < -0.4 is 14.2 Å². The van der Waals surface area contributed by atoms with Gasteiger partial charge in [0.1, 0.15) is 21.8 Å². The minimum absolute atomic E-state index is 0.0140. The van der Waals surface area contributed by atoms with Gasteiger partial charge in [0.05, 0.1) is 5.41 Å². The molecule has 234 valence electrons. The van der Waals surface area contributed by atoms with Gasteiger partial charge in [0, 0.05) is 13.2 Å². The van der Waals surface area contributed by atoms with Gasteiger partial charge in [-0.3, -0.25) is 9.35 Å². The highest BCUT2D eigenvalue weighted by molar-refractivity contribution is 7.86. The zero-order valence-corrected chi connectivity index (χ0v) is 25.7. The Morgan fingerprint density at radius 2 is 1.52 bits per heavy atom. The largest absolute Gasteiger partial charge is 0.447 e. The lowest BCUT2D eigenvalue weighted by Gasteiger charge is -2.50. The maximum absolute atomic E-state index is 13.9. The van der Waals surface area contributed by atoms with Gasteiger partial charge >= 0.3 is 17.9 Å². The van der Waals surface area contributed by atoms with Gasteiger partial charge in [0.15, 0.2) is 11.2 Å². The molecule has 12 heteroatoms. The molecule has 3 aromatic rings. The minimum atomic E-state index is -4.58. The fourth-order valence-electron chi connectivity index (χ4n) is 8.08. The predicted octanol–water partition coefficient (Wildman–Crippen LogP) is 5.86. The second kappa shape index (κ2) is 10.0. The molecule has 5 heterocycles. The maximum atomic E-state index is 13.9. The van der Waals surface area contributed by atoms with Crippen molar-refractivity contribution in [3.05, 3.63) is 34.4 Å². The highest BCUT2D eigenvalue weighted by atomic mass is 32.2. The molecule has 2 aliphatic carbocycles. The highest BCUT2D eigenvalue weighted by Gasteiger charge is 2.54. The van der Waals surface area contributed by atoms with E-state index in [-0.39, 0.29) is 79.2 Å². The van der Waals surface area contributed by atoms with E-state index in [2.05, 4.69) is 0 Å². The van der Waals surface area contributed by atoms with Crippen LogP contribution >= 0.6 is 0 Å². The van der Waals surface area contributed by atoms with Crippen molar-refractivity contribution in [1.82, 2.24) is 0 Å². The van der Waals surface area contributed by atoms with Crippen LogP contribution in [0.3, 0.4) is 0 Å². The molecule has 11 nitrogen and oxygen atoms in total.